The molecule has 1 N–H and O–H groups in total. The molecule has 0 bridgehead atoms. The van der Waals surface area contributed by atoms with Crippen LogP contribution in [0.4, 0.5) is 0 Å². The lowest BCUT2D eigenvalue weighted by atomic mass is 9.95. The van der Waals surface area contributed by atoms with E-state index < -0.39 is 10.8 Å². The van der Waals surface area contributed by atoms with Crippen molar-refractivity contribution in [2.45, 2.75) is 36.6 Å². The maximum absolute atomic E-state index is 13.0. The number of nitrogens with one attached hydrogen (secondary N) is 1. The first-order valence-electron chi connectivity index (χ1n) is 7.53. The number of rotatable bonds is 2. The van der Waals surface area contributed by atoms with Crippen LogP contribution in [-0.2, 0) is 17.2 Å². The minimum Gasteiger partial charge on any atom is -0.331 e. The maximum atomic E-state index is 13.0. The summed E-state index contributed by atoms with van der Waals surface area (Å²) in [5.41, 5.74) is 5.17. The number of pyridine rings is 1. The van der Waals surface area contributed by atoms with E-state index in [0.717, 1.165) is 41.6 Å². The Bertz CT molecular complexity index is 838. The maximum Gasteiger partial charge on any atom is 0.198 e. The van der Waals surface area contributed by atoms with E-state index in [2.05, 4.69) is 21.0 Å². The molecular weight excluding hydrogens is 294 g/mol. The smallest absolute Gasteiger partial charge is 0.198 e. The third-order valence-corrected chi connectivity index (χ3v) is 5.72. The summed E-state index contributed by atoms with van der Waals surface area (Å²) in [7, 11) is -1.20. The summed E-state index contributed by atoms with van der Waals surface area (Å²) in [6, 6.07) is 9.95. The minimum absolute atomic E-state index is 0.0649. The molecule has 22 heavy (non-hydrogen) atoms. The van der Waals surface area contributed by atoms with Gasteiger partial charge in [-0.2, -0.15) is 0 Å². The fourth-order valence-corrected chi connectivity index (χ4v) is 4.58. The van der Waals surface area contributed by atoms with Crippen molar-refractivity contribution in [3.63, 3.8) is 0 Å². The number of aromatic amines is 1. The highest BCUT2D eigenvalue weighted by Gasteiger charge is 2.29. The molecule has 2 unspecified atom stereocenters. The second kappa shape index (κ2) is 5.32. The van der Waals surface area contributed by atoms with Crippen molar-refractivity contribution in [2.24, 2.45) is 0 Å². The van der Waals surface area contributed by atoms with E-state index in [9.17, 15) is 4.21 Å². The van der Waals surface area contributed by atoms with Gasteiger partial charge in [0.25, 0.3) is 0 Å². The molecule has 0 amide bonds. The van der Waals surface area contributed by atoms with E-state index in [-0.39, 0.29) is 5.25 Å². The second-order valence-electron chi connectivity index (χ2n) is 5.79. The van der Waals surface area contributed by atoms with Crippen molar-refractivity contribution < 1.29 is 4.21 Å². The monoisotopic (exact) mass is 311 g/mol. The highest BCUT2D eigenvalue weighted by Crippen LogP contribution is 2.35. The van der Waals surface area contributed by atoms with Crippen LogP contribution in [0.5, 0.6) is 0 Å². The molecule has 3 aromatic rings. The molecule has 2 aromatic heterocycles. The molecule has 112 valence electrons. The van der Waals surface area contributed by atoms with E-state index >= 15 is 0 Å². The summed E-state index contributed by atoms with van der Waals surface area (Å²) in [4.78, 5) is 12.3. The number of aryl methyl sites for hydroxylation is 2. The van der Waals surface area contributed by atoms with Gasteiger partial charge in [0.1, 0.15) is 0 Å². The molecule has 0 aliphatic heterocycles. The Hall–Kier alpha value is -2.01. The minimum atomic E-state index is -1.20. The molecule has 2 atom stereocenters. The largest absolute Gasteiger partial charge is 0.331 e. The molecule has 0 saturated carbocycles. The Labute approximate surface area is 131 Å². The van der Waals surface area contributed by atoms with Crippen LogP contribution in [-0.4, -0.2) is 19.2 Å². The first-order valence-corrected chi connectivity index (χ1v) is 8.74. The number of benzene rings is 1. The van der Waals surface area contributed by atoms with E-state index in [1.165, 1.54) is 5.56 Å². The molecule has 4 rings (SSSR count). The van der Waals surface area contributed by atoms with Gasteiger partial charge in [-0.1, -0.05) is 18.2 Å². The number of fused-ring (bicyclic) bond motifs is 2. The van der Waals surface area contributed by atoms with Crippen molar-refractivity contribution in [2.75, 3.05) is 0 Å². The molecule has 5 heteroatoms. The van der Waals surface area contributed by atoms with Gasteiger partial charge in [-0.25, -0.2) is 4.98 Å². The normalized spacial score (nSPS) is 19.0. The predicted octanol–water partition coefficient (Wildman–Crippen LogP) is 3.45. The second-order valence-corrected chi connectivity index (χ2v) is 7.34. The van der Waals surface area contributed by atoms with E-state index in [0.29, 0.717) is 5.16 Å². The molecule has 1 aromatic carbocycles. The van der Waals surface area contributed by atoms with Gasteiger partial charge in [0.15, 0.2) is 5.16 Å². The Morgan fingerprint density at radius 2 is 2.18 bits per heavy atom. The fourth-order valence-electron chi connectivity index (χ4n) is 3.11. The van der Waals surface area contributed by atoms with Crippen LogP contribution in [0.1, 0.15) is 34.9 Å². The van der Waals surface area contributed by atoms with Crippen LogP contribution in [0.15, 0.2) is 41.7 Å². The highest BCUT2D eigenvalue weighted by atomic mass is 32.2. The standard InChI is InChI=1S/C17H17N3OS/c1-11-9-12-5-4-8-15(16(12)18-10-11)22(21)17-19-13-6-2-3-7-14(13)20-17/h2-3,6-7,9-10,15H,4-5,8H2,1H3,(H,19,20). The lowest BCUT2D eigenvalue weighted by Gasteiger charge is -2.23. The Kier molecular flexibility index (Phi) is 3.30. The van der Waals surface area contributed by atoms with Crippen LogP contribution >= 0.6 is 0 Å². The topological polar surface area (TPSA) is 58.6 Å². The summed E-state index contributed by atoms with van der Waals surface area (Å²) in [6.45, 7) is 2.05. The third-order valence-electron chi connectivity index (χ3n) is 4.17. The van der Waals surface area contributed by atoms with Crippen molar-refractivity contribution in [3.05, 3.63) is 53.3 Å². The Morgan fingerprint density at radius 3 is 3.05 bits per heavy atom. The third kappa shape index (κ3) is 2.25. The summed E-state index contributed by atoms with van der Waals surface area (Å²) >= 11 is 0. The van der Waals surface area contributed by atoms with Crippen LogP contribution in [0.2, 0.25) is 0 Å². The van der Waals surface area contributed by atoms with Gasteiger partial charge in [-0.3, -0.25) is 9.19 Å². The molecule has 0 saturated heterocycles. The van der Waals surface area contributed by atoms with Gasteiger partial charge in [0, 0.05) is 6.20 Å². The molecule has 1 aliphatic rings. The van der Waals surface area contributed by atoms with Gasteiger partial charge in [-0.05, 0) is 49.4 Å². The van der Waals surface area contributed by atoms with Crippen molar-refractivity contribution in [3.8, 4) is 0 Å². The van der Waals surface area contributed by atoms with Crippen molar-refractivity contribution >= 4 is 21.8 Å². The molecule has 1 aliphatic carbocycles. The van der Waals surface area contributed by atoms with E-state index in [1.54, 1.807) is 0 Å². The fraction of sp³-hybridized carbons (Fsp3) is 0.294. The number of hydrogen-bond acceptors (Lipinski definition) is 3. The van der Waals surface area contributed by atoms with Crippen LogP contribution in [0.25, 0.3) is 11.0 Å². The zero-order chi connectivity index (χ0) is 15.1. The average molecular weight is 311 g/mol. The molecule has 2 heterocycles. The number of aromatic nitrogens is 3. The molecular formula is C17H17N3OS. The number of H-pyrrole nitrogens is 1. The zero-order valence-corrected chi connectivity index (χ0v) is 13.2. The molecule has 0 fully saturated rings. The highest BCUT2D eigenvalue weighted by molar-refractivity contribution is 7.85. The molecule has 0 spiro atoms. The van der Waals surface area contributed by atoms with Gasteiger partial charge in [-0.15, -0.1) is 0 Å². The first-order chi connectivity index (χ1) is 10.7. The molecule has 0 radical (unpaired) electrons. The van der Waals surface area contributed by atoms with Crippen LogP contribution in [0, 0.1) is 6.92 Å². The Balaban J connectivity index is 1.74. The predicted molar refractivity (Wildman–Crippen MR) is 87.2 cm³/mol. The lowest BCUT2D eigenvalue weighted by Crippen LogP contribution is -2.17. The average Bonchev–Trinajstić information content (AvgIpc) is 2.97. The summed E-state index contributed by atoms with van der Waals surface area (Å²) in [6.07, 6.45) is 4.84. The SMILES string of the molecule is Cc1cnc2c(c1)CCCC2S(=O)c1nc2ccccc2[nH]1. The molecule has 4 nitrogen and oxygen atoms in total. The van der Waals surface area contributed by atoms with E-state index in [1.807, 2.05) is 37.4 Å². The summed E-state index contributed by atoms with van der Waals surface area (Å²) < 4.78 is 13.0. The van der Waals surface area contributed by atoms with Crippen LogP contribution in [0.3, 0.4) is 0 Å². The van der Waals surface area contributed by atoms with Gasteiger partial charge in [0.05, 0.1) is 32.8 Å². The van der Waals surface area contributed by atoms with Gasteiger partial charge < -0.3 is 4.98 Å². The summed E-state index contributed by atoms with van der Waals surface area (Å²) in [5, 5.41) is 0.492. The van der Waals surface area contributed by atoms with Crippen LogP contribution < -0.4 is 0 Å². The quantitative estimate of drug-likeness (QED) is 0.788. The first kappa shape index (κ1) is 13.6. The lowest BCUT2D eigenvalue weighted by molar-refractivity contribution is 0.614. The van der Waals surface area contributed by atoms with Crippen molar-refractivity contribution in [1.29, 1.82) is 0 Å². The van der Waals surface area contributed by atoms with E-state index in [4.69, 9.17) is 0 Å². The van der Waals surface area contributed by atoms with Gasteiger partial charge in [0.2, 0.25) is 0 Å². The number of para-hydroxylation sites is 2. The van der Waals surface area contributed by atoms with Crippen molar-refractivity contribution in [1.82, 2.24) is 15.0 Å². The number of nitrogens with zero attached hydrogens (tertiary/aromatic N) is 2. The summed E-state index contributed by atoms with van der Waals surface area (Å²) in [5.74, 6) is 0. The number of hydrogen-bond donors (Lipinski definition) is 1. The zero-order valence-electron chi connectivity index (χ0n) is 12.4. The number of imidazole rings is 1. The van der Waals surface area contributed by atoms with Gasteiger partial charge >= 0.3 is 0 Å². The Morgan fingerprint density at radius 1 is 1.32 bits per heavy atom.